The van der Waals surface area contributed by atoms with Crippen LogP contribution in [0.5, 0.6) is 0 Å². The minimum Gasteiger partial charge on any atom is -0.381 e. The summed E-state index contributed by atoms with van der Waals surface area (Å²) in [5, 5.41) is 7.43. The molecule has 2 aromatic rings. The van der Waals surface area contributed by atoms with Crippen LogP contribution >= 0.6 is 0 Å². The number of amides is 1. The van der Waals surface area contributed by atoms with Crippen LogP contribution in [0, 0.1) is 12.8 Å². The number of H-pyrrole nitrogens is 1. The first-order chi connectivity index (χ1) is 14.2. The van der Waals surface area contributed by atoms with Gasteiger partial charge in [0.1, 0.15) is 5.82 Å². The van der Waals surface area contributed by atoms with E-state index in [1.165, 1.54) is 5.56 Å². The lowest BCUT2D eigenvalue weighted by molar-refractivity contribution is -0.138. The van der Waals surface area contributed by atoms with Gasteiger partial charge in [0.25, 0.3) is 0 Å². The molecule has 1 amide bonds. The summed E-state index contributed by atoms with van der Waals surface area (Å²) < 4.78 is 5.43. The standard InChI is InChI=1S/C22H31N5O2/c1-17-23-21(25-24-17)20-8-12-27(22(28)19-9-15-29-16-10-19)14-13-26(20)11-7-18-5-3-2-4-6-18/h2-6,19-20H,7-16H2,1H3,(H,23,24,25). The molecule has 7 heteroatoms. The van der Waals surface area contributed by atoms with Crippen LogP contribution < -0.4 is 0 Å². The molecule has 7 nitrogen and oxygen atoms in total. The van der Waals surface area contributed by atoms with Gasteiger partial charge >= 0.3 is 0 Å². The van der Waals surface area contributed by atoms with E-state index in [9.17, 15) is 4.79 Å². The molecule has 0 bridgehead atoms. The van der Waals surface area contributed by atoms with Gasteiger partial charge in [0.05, 0.1) is 6.04 Å². The van der Waals surface area contributed by atoms with E-state index >= 15 is 0 Å². The van der Waals surface area contributed by atoms with Crippen LogP contribution in [0.15, 0.2) is 30.3 Å². The fraction of sp³-hybridized carbons (Fsp3) is 0.591. The fourth-order valence-electron chi connectivity index (χ4n) is 4.39. The Morgan fingerprint density at radius 2 is 1.93 bits per heavy atom. The highest BCUT2D eigenvalue weighted by Crippen LogP contribution is 2.26. The van der Waals surface area contributed by atoms with Crippen molar-refractivity contribution in [3.8, 4) is 0 Å². The van der Waals surface area contributed by atoms with Crippen molar-refractivity contribution in [1.82, 2.24) is 25.0 Å². The van der Waals surface area contributed by atoms with Gasteiger partial charge in [-0.05, 0) is 38.2 Å². The predicted molar refractivity (Wildman–Crippen MR) is 110 cm³/mol. The smallest absolute Gasteiger partial charge is 0.225 e. The van der Waals surface area contributed by atoms with Crippen molar-refractivity contribution in [2.75, 3.05) is 39.4 Å². The van der Waals surface area contributed by atoms with Crippen LogP contribution in [0.4, 0.5) is 0 Å². The molecule has 0 aliphatic carbocycles. The number of aryl methyl sites for hydroxylation is 1. The van der Waals surface area contributed by atoms with Gasteiger partial charge in [-0.25, -0.2) is 4.98 Å². The minimum absolute atomic E-state index is 0.115. The van der Waals surface area contributed by atoms with Gasteiger partial charge in [-0.1, -0.05) is 30.3 Å². The molecule has 2 aliphatic heterocycles. The number of aromatic nitrogens is 3. The van der Waals surface area contributed by atoms with Gasteiger partial charge in [-0.15, -0.1) is 0 Å². The molecular formula is C22H31N5O2. The molecule has 3 heterocycles. The van der Waals surface area contributed by atoms with Crippen LogP contribution in [-0.4, -0.2) is 70.3 Å². The number of nitrogens with one attached hydrogen (secondary N) is 1. The third-order valence-corrected chi connectivity index (χ3v) is 6.10. The Morgan fingerprint density at radius 1 is 1.14 bits per heavy atom. The quantitative estimate of drug-likeness (QED) is 0.838. The monoisotopic (exact) mass is 397 g/mol. The zero-order valence-corrected chi connectivity index (χ0v) is 17.2. The molecule has 29 heavy (non-hydrogen) atoms. The molecule has 2 saturated heterocycles. The number of carbonyl (C=O) groups is 1. The Balaban J connectivity index is 1.46. The number of ether oxygens (including phenoxy) is 1. The largest absolute Gasteiger partial charge is 0.381 e. The van der Waals surface area contributed by atoms with E-state index < -0.39 is 0 Å². The lowest BCUT2D eigenvalue weighted by atomic mass is 9.98. The first-order valence-corrected chi connectivity index (χ1v) is 10.7. The van der Waals surface area contributed by atoms with E-state index in [4.69, 9.17) is 4.74 Å². The first kappa shape index (κ1) is 20.0. The highest BCUT2D eigenvalue weighted by molar-refractivity contribution is 5.79. The second-order valence-electron chi connectivity index (χ2n) is 8.07. The SMILES string of the molecule is Cc1nc(C2CCN(C(=O)C3CCOCC3)CCN2CCc2ccccc2)n[nH]1. The van der Waals surface area contributed by atoms with Crippen LogP contribution in [0.25, 0.3) is 0 Å². The number of benzene rings is 1. The number of rotatable bonds is 5. The highest BCUT2D eigenvalue weighted by atomic mass is 16.5. The second-order valence-corrected chi connectivity index (χ2v) is 8.07. The topological polar surface area (TPSA) is 74.4 Å². The lowest BCUT2D eigenvalue weighted by Gasteiger charge is -2.28. The first-order valence-electron chi connectivity index (χ1n) is 10.7. The molecule has 4 rings (SSSR count). The summed E-state index contributed by atoms with van der Waals surface area (Å²) in [6.07, 6.45) is 3.53. The fourth-order valence-corrected chi connectivity index (χ4v) is 4.39. The normalized spacial score (nSPS) is 21.8. The molecule has 1 unspecified atom stereocenters. The van der Waals surface area contributed by atoms with Crippen molar-refractivity contribution in [2.24, 2.45) is 5.92 Å². The molecule has 156 valence electrons. The summed E-state index contributed by atoms with van der Waals surface area (Å²) in [4.78, 5) is 22.2. The van der Waals surface area contributed by atoms with Crippen LogP contribution in [-0.2, 0) is 16.0 Å². The Labute approximate surface area is 172 Å². The molecule has 2 aliphatic rings. The maximum absolute atomic E-state index is 13.1. The van der Waals surface area contributed by atoms with Crippen molar-refractivity contribution in [3.63, 3.8) is 0 Å². The molecule has 1 atom stereocenters. The van der Waals surface area contributed by atoms with Gasteiger partial charge in [0.15, 0.2) is 5.82 Å². The molecule has 1 N–H and O–H groups in total. The lowest BCUT2D eigenvalue weighted by Crippen LogP contribution is -2.41. The number of hydrogen-bond donors (Lipinski definition) is 1. The maximum atomic E-state index is 13.1. The molecule has 0 radical (unpaired) electrons. The van der Waals surface area contributed by atoms with Gasteiger partial charge in [0.2, 0.25) is 5.91 Å². The predicted octanol–water partition coefficient (Wildman–Crippen LogP) is 2.36. The van der Waals surface area contributed by atoms with Gasteiger partial charge < -0.3 is 9.64 Å². The van der Waals surface area contributed by atoms with Gasteiger partial charge in [-0.3, -0.25) is 14.8 Å². The number of nitrogens with zero attached hydrogens (tertiary/aromatic N) is 4. The van der Waals surface area contributed by atoms with Crippen molar-refractivity contribution in [1.29, 1.82) is 0 Å². The molecule has 2 fully saturated rings. The van der Waals surface area contributed by atoms with E-state index in [2.05, 4.69) is 55.3 Å². The van der Waals surface area contributed by atoms with E-state index in [0.29, 0.717) is 19.1 Å². The number of aromatic amines is 1. The van der Waals surface area contributed by atoms with Gasteiger partial charge in [0, 0.05) is 45.3 Å². The highest BCUT2D eigenvalue weighted by Gasteiger charge is 2.32. The summed E-state index contributed by atoms with van der Waals surface area (Å²) in [6, 6.07) is 10.7. The Morgan fingerprint density at radius 3 is 2.66 bits per heavy atom. The van der Waals surface area contributed by atoms with E-state index in [1.54, 1.807) is 0 Å². The van der Waals surface area contributed by atoms with Crippen LogP contribution in [0.1, 0.15) is 42.5 Å². The molecule has 1 aromatic carbocycles. The Kier molecular flexibility index (Phi) is 6.56. The van der Waals surface area contributed by atoms with Crippen LogP contribution in [0.3, 0.4) is 0 Å². The molecule has 0 spiro atoms. The Hall–Kier alpha value is -2.25. The maximum Gasteiger partial charge on any atom is 0.225 e. The molecular weight excluding hydrogens is 366 g/mol. The van der Waals surface area contributed by atoms with Crippen molar-refractivity contribution in [2.45, 2.75) is 38.6 Å². The zero-order valence-electron chi connectivity index (χ0n) is 17.2. The third-order valence-electron chi connectivity index (χ3n) is 6.10. The summed E-state index contributed by atoms with van der Waals surface area (Å²) in [7, 11) is 0. The summed E-state index contributed by atoms with van der Waals surface area (Å²) in [6.45, 7) is 6.64. The van der Waals surface area contributed by atoms with Crippen molar-refractivity contribution >= 4 is 5.91 Å². The van der Waals surface area contributed by atoms with E-state index in [0.717, 1.165) is 63.5 Å². The average Bonchev–Trinajstić information content (AvgIpc) is 3.08. The summed E-state index contributed by atoms with van der Waals surface area (Å²) in [5.74, 6) is 2.09. The van der Waals surface area contributed by atoms with Crippen LogP contribution in [0.2, 0.25) is 0 Å². The van der Waals surface area contributed by atoms with E-state index in [-0.39, 0.29) is 12.0 Å². The summed E-state index contributed by atoms with van der Waals surface area (Å²) in [5.41, 5.74) is 1.33. The number of hydrogen-bond acceptors (Lipinski definition) is 5. The molecule has 1 aromatic heterocycles. The third kappa shape index (κ3) is 5.03. The zero-order chi connectivity index (χ0) is 20.1. The van der Waals surface area contributed by atoms with Crippen molar-refractivity contribution in [3.05, 3.63) is 47.5 Å². The summed E-state index contributed by atoms with van der Waals surface area (Å²) >= 11 is 0. The second kappa shape index (κ2) is 9.50. The minimum atomic E-state index is 0.115. The Bertz CT molecular complexity index is 788. The van der Waals surface area contributed by atoms with Gasteiger partial charge in [-0.2, -0.15) is 5.10 Å². The molecule has 0 saturated carbocycles. The number of carbonyl (C=O) groups excluding carboxylic acids is 1. The van der Waals surface area contributed by atoms with E-state index in [1.807, 2.05) is 6.92 Å². The van der Waals surface area contributed by atoms with Crippen molar-refractivity contribution < 1.29 is 9.53 Å². The average molecular weight is 398 g/mol.